The quantitative estimate of drug-likeness (QED) is 0.661. The van der Waals surface area contributed by atoms with Crippen LogP contribution in [-0.4, -0.2) is 63.4 Å². The monoisotopic (exact) mass is 437 g/mol. The normalized spacial score (nSPS) is 19.4. The van der Waals surface area contributed by atoms with E-state index in [2.05, 4.69) is 10.2 Å². The largest absolute Gasteiger partial charge is 0.495 e. The number of anilines is 1. The third kappa shape index (κ3) is 5.74. The van der Waals surface area contributed by atoms with Crippen molar-refractivity contribution in [3.63, 3.8) is 0 Å². The van der Waals surface area contributed by atoms with Crippen molar-refractivity contribution in [2.45, 2.75) is 68.7 Å². The average molecular weight is 438 g/mol. The molecule has 7 nitrogen and oxygen atoms in total. The number of ether oxygens (including phenoxy) is 1. The van der Waals surface area contributed by atoms with Gasteiger partial charge in [-0.2, -0.15) is 4.31 Å². The Bertz CT molecular complexity index is 814. The Hall–Kier alpha value is -1.64. The number of nitrogens with zero attached hydrogens (tertiary/aromatic N) is 2. The Balaban J connectivity index is 1.71. The Labute approximate surface area is 180 Å². The first-order chi connectivity index (χ1) is 14.4. The maximum atomic E-state index is 13.0. The van der Waals surface area contributed by atoms with Gasteiger partial charge < -0.3 is 10.1 Å². The summed E-state index contributed by atoms with van der Waals surface area (Å²) >= 11 is 0. The second-order valence-electron chi connectivity index (χ2n) is 8.44. The number of likely N-dealkylation sites (N-methyl/N-ethyl adjacent to an activating group) is 1. The van der Waals surface area contributed by atoms with Crippen molar-refractivity contribution in [1.29, 1.82) is 0 Å². The molecular weight excluding hydrogens is 402 g/mol. The number of nitrogens with one attached hydrogen (secondary N) is 1. The Kier molecular flexibility index (Phi) is 8.13. The van der Waals surface area contributed by atoms with Gasteiger partial charge in [0.15, 0.2) is 0 Å². The van der Waals surface area contributed by atoms with Crippen LogP contribution in [0.25, 0.3) is 0 Å². The summed E-state index contributed by atoms with van der Waals surface area (Å²) in [7, 11) is -0.0680. The third-order valence-corrected chi connectivity index (χ3v) is 8.13. The number of carbonyl (C=O) groups is 1. The van der Waals surface area contributed by atoms with Gasteiger partial charge in [0.25, 0.3) is 0 Å². The summed E-state index contributed by atoms with van der Waals surface area (Å²) in [6.45, 7) is 1.36. The van der Waals surface area contributed by atoms with Gasteiger partial charge in [0.05, 0.1) is 24.2 Å². The van der Waals surface area contributed by atoms with Crippen LogP contribution in [0.2, 0.25) is 0 Å². The van der Waals surface area contributed by atoms with Crippen molar-refractivity contribution in [2.75, 3.05) is 39.1 Å². The molecule has 1 amide bonds. The van der Waals surface area contributed by atoms with E-state index in [0.29, 0.717) is 30.6 Å². The summed E-state index contributed by atoms with van der Waals surface area (Å²) in [6, 6.07) is 5.11. The molecule has 2 fully saturated rings. The van der Waals surface area contributed by atoms with Crippen LogP contribution >= 0.6 is 0 Å². The lowest BCUT2D eigenvalue weighted by atomic mass is 10.1. The number of amides is 1. The highest BCUT2D eigenvalue weighted by Gasteiger charge is 2.27. The molecule has 30 heavy (non-hydrogen) atoms. The van der Waals surface area contributed by atoms with Gasteiger partial charge in [0.1, 0.15) is 5.75 Å². The summed E-state index contributed by atoms with van der Waals surface area (Å²) in [5.74, 6) is 0.297. The maximum Gasteiger partial charge on any atom is 0.243 e. The van der Waals surface area contributed by atoms with Gasteiger partial charge in [0.2, 0.25) is 15.9 Å². The summed E-state index contributed by atoms with van der Waals surface area (Å²) in [4.78, 5) is 15.0. The van der Waals surface area contributed by atoms with E-state index in [9.17, 15) is 13.2 Å². The van der Waals surface area contributed by atoms with Crippen molar-refractivity contribution in [1.82, 2.24) is 9.21 Å². The predicted molar refractivity (Wildman–Crippen MR) is 118 cm³/mol. The predicted octanol–water partition coefficient (Wildman–Crippen LogP) is 3.46. The lowest BCUT2D eigenvalue weighted by molar-refractivity contribution is -0.117. The van der Waals surface area contributed by atoms with Gasteiger partial charge in [-0.15, -0.1) is 0 Å². The van der Waals surface area contributed by atoms with Crippen LogP contribution in [0.1, 0.15) is 57.8 Å². The van der Waals surface area contributed by atoms with Crippen LogP contribution in [-0.2, 0) is 14.8 Å². The Morgan fingerprint density at radius 2 is 1.73 bits per heavy atom. The minimum atomic E-state index is -3.57. The molecule has 1 aliphatic carbocycles. The van der Waals surface area contributed by atoms with Crippen molar-refractivity contribution in [3.8, 4) is 5.75 Å². The SMILES string of the molecule is COc1ccc(S(=O)(=O)N2CCCCC2)cc1NC(=O)CN(C)C1CCCCCC1. The third-order valence-electron chi connectivity index (χ3n) is 6.24. The smallest absolute Gasteiger partial charge is 0.243 e. The first-order valence-corrected chi connectivity index (χ1v) is 12.5. The zero-order valence-corrected chi connectivity index (χ0v) is 19.0. The van der Waals surface area contributed by atoms with Crippen molar-refractivity contribution in [2.24, 2.45) is 0 Å². The van der Waals surface area contributed by atoms with Crippen LogP contribution in [0.4, 0.5) is 5.69 Å². The van der Waals surface area contributed by atoms with E-state index in [1.54, 1.807) is 12.1 Å². The first-order valence-electron chi connectivity index (χ1n) is 11.1. The van der Waals surface area contributed by atoms with Crippen LogP contribution in [0, 0.1) is 0 Å². The summed E-state index contributed by atoms with van der Waals surface area (Å²) in [6.07, 6.45) is 10.0. The number of hydrogen-bond acceptors (Lipinski definition) is 5. The summed E-state index contributed by atoms with van der Waals surface area (Å²) in [5.41, 5.74) is 0.398. The van der Waals surface area contributed by atoms with Crippen LogP contribution in [0.5, 0.6) is 5.75 Å². The fraction of sp³-hybridized carbons (Fsp3) is 0.682. The molecule has 1 N–H and O–H groups in total. The Morgan fingerprint density at radius 3 is 2.37 bits per heavy atom. The molecule has 1 aliphatic heterocycles. The molecule has 1 aromatic carbocycles. The molecule has 0 bridgehead atoms. The molecule has 8 heteroatoms. The van der Waals surface area contributed by atoms with E-state index in [4.69, 9.17) is 4.74 Å². The number of sulfonamides is 1. The minimum Gasteiger partial charge on any atom is -0.495 e. The first kappa shape index (κ1) is 23.0. The second-order valence-corrected chi connectivity index (χ2v) is 10.4. The standard InChI is InChI=1S/C22H35N3O4S/c1-24(18-10-6-3-4-7-11-18)17-22(26)23-20-16-19(12-13-21(20)29-2)30(27,28)25-14-8-5-9-15-25/h12-13,16,18H,3-11,14-15,17H2,1-2H3,(H,23,26). The van der Waals surface area contributed by atoms with Gasteiger partial charge in [-0.05, 0) is 50.9 Å². The minimum absolute atomic E-state index is 0.160. The highest BCUT2D eigenvalue weighted by molar-refractivity contribution is 7.89. The summed E-state index contributed by atoms with van der Waals surface area (Å²) < 4.78 is 32.9. The number of rotatable bonds is 7. The van der Waals surface area contributed by atoms with E-state index in [0.717, 1.165) is 32.1 Å². The van der Waals surface area contributed by atoms with Crippen molar-refractivity contribution in [3.05, 3.63) is 18.2 Å². The number of methoxy groups -OCH3 is 1. The molecule has 0 radical (unpaired) electrons. The fourth-order valence-electron chi connectivity index (χ4n) is 4.44. The molecule has 3 rings (SSSR count). The van der Waals surface area contributed by atoms with Crippen molar-refractivity contribution < 1.29 is 17.9 Å². The molecule has 1 heterocycles. The number of piperidine rings is 1. The fourth-order valence-corrected chi connectivity index (χ4v) is 5.99. The van der Waals surface area contributed by atoms with Crippen LogP contribution in [0.15, 0.2) is 23.1 Å². The zero-order chi connectivity index (χ0) is 21.6. The van der Waals surface area contributed by atoms with Crippen molar-refractivity contribution >= 4 is 21.6 Å². The van der Waals surface area contributed by atoms with Crippen LogP contribution < -0.4 is 10.1 Å². The van der Waals surface area contributed by atoms with Gasteiger partial charge in [0, 0.05) is 19.1 Å². The maximum absolute atomic E-state index is 13.0. The van der Waals surface area contributed by atoms with E-state index in [-0.39, 0.29) is 17.3 Å². The van der Waals surface area contributed by atoms with E-state index in [1.165, 1.54) is 43.2 Å². The van der Waals surface area contributed by atoms with Crippen LogP contribution in [0.3, 0.4) is 0 Å². The topological polar surface area (TPSA) is 79.0 Å². The molecule has 1 saturated heterocycles. The lowest BCUT2D eigenvalue weighted by Gasteiger charge is -2.27. The van der Waals surface area contributed by atoms with E-state index < -0.39 is 10.0 Å². The summed E-state index contributed by atoms with van der Waals surface area (Å²) in [5, 5.41) is 2.87. The lowest BCUT2D eigenvalue weighted by Crippen LogP contribution is -2.38. The number of benzene rings is 1. The molecule has 0 unspecified atom stereocenters. The van der Waals surface area contributed by atoms with E-state index in [1.807, 2.05) is 7.05 Å². The number of carbonyl (C=O) groups excluding carboxylic acids is 1. The molecular formula is C22H35N3O4S. The molecule has 1 saturated carbocycles. The zero-order valence-electron chi connectivity index (χ0n) is 18.2. The molecule has 1 aromatic rings. The van der Waals surface area contributed by atoms with Gasteiger partial charge >= 0.3 is 0 Å². The highest BCUT2D eigenvalue weighted by atomic mass is 32.2. The molecule has 0 aromatic heterocycles. The molecule has 168 valence electrons. The second kappa shape index (κ2) is 10.6. The molecule has 0 atom stereocenters. The Morgan fingerprint density at radius 1 is 1.10 bits per heavy atom. The molecule has 2 aliphatic rings. The van der Waals surface area contributed by atoms with E-state index >= 15 is 0 Å². The highest BCUT2D eigenvalue weighted by Crippen LogP contribution is 2.30. The van der Waals surface area contributed by atoms with Gasteiger partial charge in [-0.1, -0.05) is 32.1 Å². The van der Waals surface area contributed by atoms with Gasteiger partial charge in [-0.3, -0.25) is 9.69 Å². The molecule has 0 spiro atoms. The average Bonchev–Trinajstić information content (AvgIpc) is 3.04. The number of hydrogen-bond donors (Lipinski definition) is 1. The van der Waals surface area contributed by atoms with Gasteiger partial charge in [-0.25, -0.2) is 8.42 Å².